The Labute approximate surface area is 40.0 Å². The van der Waals surface area contributed by atoms with Crippen molar-refractivity contribution < 1.29 is 0 Å². The first-order valence-corrected chi connectivity index (χ1v) is 3.56. The maximum absolute atomic E-state index is 3.51. The van der Waals surface area contributed by atoms with Gasteiger partial charge in [0.2, 0.25) is 0 Å². The predicted octanol–water partition coefficient (Wildman–Crippen LogP) is 0.491. The van der Waals surface area contributed by atoms with Gasteiger partial charge in [-0.15, -0.1) is 0 Å². The van der Waals surface area contributed by atoms with Crippen LogP contribution in [0.3, 0.4) is 0 Å². The fourth-order valence-corrected chi connectivity index (χ4v) is 0. The third-order valence-electron chi connectivity index (χ3n) is 0.167. The molecular formula is C3H6Sn. The van der Waals surface area contributed by atoms with Crippen molar-refractivity contribution in [1.82, 2.24) is 0 Å². The molecule has 0 saturated heterocycles. The Bertz CT molecular complexity index is 17.2. The van der Waals surface area contributed by atoms with Crippen LogP contribution in [-0.2, 0) is 0 Å². The molecule has 0 aliphatic heterocycles. The standard InChI is InChI=1S/C3H5.Sn.H/c1-3-2;;/h3H,1-2H2;;. The SMILES string of the molecule is C=C[CH2][SnH]. The summed E-state index contributed by atoms with van der Waals surface area (Å²) in [6.07, 6.45) is 1.93. The Balaban J connectivity index is 2.30. The normalized spacial score (nSPS) is 6.25. The molecular weight excluding hydrogens is 155 g/mol. The fraction of sp³-hybridized carbons (Fsp3) is 0.333. The summed E-state index contributed by atoms with van der Waals surface area (Å²) in [4.78, 5) is 0. The van der Waals surface area contributed by atoms with Crippen LogP contribution in [0.5, 0.6) is 0 Å². The van der Waals surface area contributed by atoms with Gasteiger partial charge in [-0.25, -0.2) is 0 Å². The first kappa shape index (κ1) is 4.54. The first-order valence-electron chi connectivity index (χ1n) is 1.22. The van der Waals surface area contributed by atoms with Crippen molar-refractivity contribution in [3.8, 4) is 0 Å². The van der Waals surface area contributed by atoms with E-state index in [-0.39, 0.29) is 0 Å². The summed E-state index contributed by atoms with van der Waals surface area (Å²) in [5.41, 5.74) is 0. The molecule has 0 aliphatic carbocycles. The Hall–Kier alpha value is 0.539. The van der Waals surface area contributed by atoms with E-state index in [9.17, 15) is 0 Å². The number of rotatable bonds is 1. The Kier molecular flexibility index (Phi) is 4.02. The molecule has 0 spiro atoms. The van der Waals surface area contributed by atoms with Gasteiger partial charge in [-0.1, -0.05) is 0 Å². The van der Waals surface area contributed by atoms with E-state index in [2.05, 4.69) is 6.58 Å². The number of hydrogen-bond donors (Lipinski definition) is 0. The average Bonchev–Trinajstić information content (AvgIpc) is 1.37. The van der Waals surface area contributed by atoms with Crippen LogP contribution in [0.4, 0.5) is 0 Å². The van der Waals surface area contributed by atoms with Crippen LogP contribution in [0.1, 0.15) is 0 Å². The summed E-state index contributed by atoms with van der Waals surface area (Å²) in [7, 11) is 0. The van der Waals surface area contributed by atoms with Crippen LogP contribution in [0.25, 0.3) is 0 Å². The zero-order chi connectivity index (χ0) is 3.41. The van der Waals surface area contributed by atoms with E-state index >= 15 is 0 Å². The van der Waals surface area contributed by atoms with E-state index in [0.717, 1.165) is 0 Å². The molecule has 0 N–H and O–H groups in total. The molecule has 0 amide bonds. The minimum absolute atomic E-state index is 1.21. The second-order valence-corrected chi connectivity index (χ2v) is 1.87. The van der Waals surface area contributed by atoms with Gasteiger partial charge in [0.25, 0.3) is 0 Å². The van der Waals surface area contributed by atoms with Gasteiger partial charge < -0.3 is 0 Å². The summed E-state index contributed by atoms with van der Waals surface area (Å²) in [5, 5.41) is 0. The molecule has 22 valence electrons. The summed E-state index contributed by atoms with van der Waals surface area (Å²) >= 11 is 1.32. The Morgan fingerprint density at radius 1 is 2.00 bits per heavy atom. The van der Waals surface area contributed by atoms with Crippen molar-refractivity contribution in [1.29, 1.82) is 0 Å². The van der Waals surface area contributed by atoms with Crippen molar-refractivity contribution in [2.24, 2.45) is 0 Å². The predicted molar refractivity (Wildman–Crippen MR) is 22.2 cm³/mol. The Morgan fingerprint density at radius 2 is 2.25 bits per heavy atom. The van der Waals surface area contributed by atoms with E-state index in [1.807, 2.05) is 6.08 Å². The van der Waals surface area contributed by atoms with Gasteiger partial charge in [-0.3, -0.25) is 0 Å². The molecule has 1 heteroatoms. The van der Waals surface area contributed by atoms with Crippen LogP contribution in [0.2, 0.25) is 4.44 Å². The van der Waals surface area contributed by atoms with Crippen LogP contribution in [-0.4, -0.2) is 22.5 Å². The first-order chi connectivity index (χ1) is 1.91. The van der Waals surface area contributed by atoms with Crippen molar-refractivity contribution in [3.63, 3.8) is 0 Å². The molecule has 0 aromatic carbocycles. The van der Waals surface area contributed by atoms with Gasteiger partial charge in [-0.2, -0.15) is 0 Å². The van der Waals surface area contributed by atoms with Crippen LogP contribution < -0.4 is 0 Å². The molecule has 0 aliphatic rings. The van der Waals surface area contributed by atoms with Crippen molar-refractivity contribution in [2.75, 3.05) is 0 Å². The molecule has 0 rings (SSSR count). The molecule has 4 heavy (non-hydrogen) atoms. The van der Waals surface area contributed by atoms with Gasteiger partial charge in [0.05, 0.1) is 0 Å². The van der Waals surface area contributed by atoms with Gasteiger partial charge in [0.15, 0.2) is 0 Å². The maximum atomic E-state index is 3.51. The van der Waals surface area contributed by atoms with Crippen LogP contribution in [0.15, 0.2) is 12.7 Å². The monoisotopic (exact) mass is 162 g/mol. The molecule has 0 heterocycles. The number of hydrogen-bond acceptors (Lipinski definition) is 0. The summed E-state index contributed by atoms with van der Waals surface area (Å²) in [6, 6.07) is 0. The van der Waals surface area contributed by atoms with Crippen molar-refractivity contribution in [3.05, 3.63) is 12.7 Å². The van der Waals surface area contributed by atoms with Gasteiger partial charge in [-0.05, 0) is 0 Å². The zero-order valence-electron chi connectivity index (χ0n) is 2.57. The second-order valence-electron chi connectivity index (χ2n) is 0.524. The fourth-order valence-electron chi connectivity index (χ4n) is 0. The van der Waals surface area contributed by atoms with Gasteiger partial charge >= 0.3 is 39.6 Å². The summed E-state index contributed by atoms with van der Waals surface area (Å²) in [5.74, 6) is 0. The minimum atomic E-state index is 1.21. The molecule has 0 aromatic rings. The molecule has 0 atom stereocenters. The third-order valence-corrected chi connectivity index (χ3v) is 1.12. The average molecular weight is 161 g/mol. The topological polar surface area (TPSA) is 0 Å². The molecule has 0 saturated carbocycles. The van der Waals surface area contributed by atoms with Gasteiger partial charge in [0, 0.05) is 0 Å². The van der Waals surface area contributed by atoms with E-state index < -0.39 is 0 Å². The molecule has 0 bridgehead atoms. The quantitative estimate of drug-likeness (QED) is 0.387. The van der Waals surface area contributed by atoms with E-state index in [1.54, 1.807) is 0 Å². The van der Waals surface area contributed by atoms with Gasteiger partial charge in [0.1, 0.15) is 0 Å². The van der Waals surface area contributed by atoms with Crippen LogP contribution in [0, 0.1) is 0 Å². The van der Waals surface area contributed by atoms with Crippen molar-refractivity contribution >= 4 is 22.5 Å². The molecule has 2 radical (unpaired) electrons. The molecule has 0 nitrogen and oxygen atoms in total. The van der Waals surface area contributed by atoms with E-state index in [1.165, 1.54) is 27.0 Å². The summed E-state index contributed by atoms with van der Waals surface area (Å²) in [6.45, 7) is 3.51. The summed E-state index contributed by atoms with van der Waals surface area (Å²) < 4.78 is 1.21. The third kappa shape index (κ3) is 2.54. The number of allylic oxidation sites excluding steroid dienone is 1. The molecule has 0 unspecified atom stereocenters. The second kappa shape index (κ2) is 3.54. The van der Waals surface area contributed by atoms with E-state index in [4.69, 9.17) is 0 Å². The molecule has 0 aromatic heterocycles. The zero-order valence-corrected chi connectivity index (χ0v) is 5.86. The molecule has 0 fully saturated rings. The van der Waals surface area contributed by atoms with Crippen LogP contribution >= 0.6 is 0 Å². The van der Waals surface area contributed by atoms with E-state index in [0.29, 0.717) is 0 Å². The Morgan fingerprint density at radius 3 is 2.25 bits per heavy atom. The van der Waals surface area contributed by atoms with Crippen molar-refractivity contribution in [2.45, 2.75) is 4.44 Å².